The third-order valence-electron chi connectivity index (χ3n) is 3.91. The number of hydrogen-bond donors (Lipinski definition) is 1. The van der Waals surface area contributed by atoms with Crippen LogP contribution in [0.4, 0.5) is 0 Å². The van der Waals surface area contributed by atoms with Gasteiger partial charge in [0, 0.05) is 12.0 Å². The Kier molecular flexibility index (Phi) is 3.11. The lowest BCUT2D eigenvalue weighted by Gasteiger charge is -2.26. The molecule has 5 nitrogen and oxygen atoms in total. The van der Waals surface area contributed by atoms with E-state index < -0.39 is 0 Å². The molecule has 2 aromatic carbocycles. The Labute approximate surface area is 127 Å². The predicted octanol–water partition coefficient (Wildman–Crippen LogP) is 2.67. The Morgan fingerprint density at radius 3 is 2.82 bits per heavy atom. The monoisotopic (exact) mass is 297 g/mol. The Hall–Kier alpha value is -2.69. The third kappa shape index (κ3) is 2.15. The normalized spacial score (nSPS) is 18.3. The molecule has 0 spiro atoms. The lowest BCUT2D eigenvalue weighted by molar-refractivity contribution is 0.0920. The van der Waals surface area contributed by atoms with Crippen LogP contribution < -0.4 is 19.5 Å². The predicted molar refractivity (Wildman–Crippen MR) is 79.3 cm³/mol. The summed E-state index contributed by atoms with van der Waals surface area (Å²) in [6, 6.07) is 13.1. The van der Waals surface area contributed by atoms with Crippen LogP contribution in [0.3, 0.4) is 0 Å². The van der Waals surface area contributed by atoms with Gasteiger partial charge in [0.25, 0.3) is 5.91 Å². The van der Waals surface area contributed by atoms with Crippen LogP contribution in [0.5, 0.6) is 17.2 Å². The molecule has 0 fully saturated rings. The average Bonchev–Trinajstić information content (AvgIpc) is 3.03. The van der Waals surface area contributed by atoms with Crippen molar-refractivity contribution in [3.63, 3.8) is 0 Å². The fourth-order valence-electron chi connectivity index (χ4n) is 2.84. The van der Waals surface area contributed by atoms with Crippen molar-refractivity contribution in [1.29, 1.82) is 0 Å². The molecule has 0 aromatic heterocycles. The van der Waals surface area contributed by atoms with Gasteiger partial charge in [0.15, 0.2) is 11.5 Å². The van der Waals surface area contributed by atoms with Gasteiger partial charge in [0.05, 0.1) is 18.2 Å². The van der Waals surface area contributed by atoms with Crippen LogP contribution in [0.25, 0.3) is 0 Å². The molecule has 2 heterocycles. The fourth-order valence-corrected chi connectivity index (χ4v) is 2.84. The first kappa shape index (κ1) is 13.0. The quantitative estimate of drug-likeness (QED) is 0.926. The Bertz CT molecular complexity index is 728. The van der Waals surface area contributed by atoms with Crippen molar-refractivity contribution in [2.45, 2.75) is 12.5 Å². The molecule has 0 radical (unpaired) electrons. The standard InChI is InChI=1S/C17H15NO4/c19-17(12-5-3-7-15-16(12)22-10-21-15)18-13-8-9-20-14-6-2-1-4-11(13)14/h1-7,13H,8-10H2,(H,18,19). The van der Waals surface area contributed by atoms with Crippen LogP contribution in [0.2, 0.25) is 0 Å². The summed E-state index contributed by atoms with van der Waals surface area (Å²) in [4.78, 5) is 12.6. The second-order valence-electron chi connectivity index (χ2n) is 5.24. The first-order valence-corrected chi connectivity index (χ1v) is 7.24. The highest BCUT2D eigenvalue weighted by atomic mass is 16.7. The molecule has 1 atom stereocenters. The minimum Gasteiger partial charge on any atom is -0.493 e. The number of carbonyl (C=O) groups excluding carboxylic acids is 1. The summed E-state index contributed by atoms with van der Waals surface area (Å²) < 4.78 is 16.3. The molecule has 0 saturated heterocycles. The third-order valence-corrected chi connectivity index (χ3v) is 3.91. The van der Waals surface area contributed by atoms with Crippen molar-refractivity contribution >= 4 is 5.91 Å². The van der Waals surface area contributed by atoms with E-state index in [1.54, 1.807) is 18.2 Å². The van der Waals surface area contributed by atoms with Crippen LogP contribution in [0.1, 0.15) is 28.4 Å². The molecule has 1 amide bonds. The number of rotatable bonds is 2. The molecule has 2 aliphatic heterocycles. The number of ether oxygens (including phenoxy) is 3. The van der Waals surface area contributed by atoms with Gasteiger partial charge in [-0.15, -0.1) is 0 Å². The SMILES string of the molecule is O=C(NC1CCOc2ccccc21)c1cccc2c1OCO2. The molecule has 2 aromatic rings. The summed E-state index contributed by atoms with van der Waals surface area (Å²) in [6.45, 7) is 0.744. The van der Waals surface area contributed by atoms with E-state index in [1.165, 1.54) is 0 Å². The van der Waals surface area contributed by atoms with Crippen molar-refractivity contribution in [2.75, 3.05) is 13.4 Å². The maximum Gasteiger partial charge on any atom is 0.255 e. The number of fused-ring (bicyclic) bond motifs is 2. The van der Waals surface area contributed by atoms with Crippen molar-refractivity contribution in [3.05, 3.63) is 53.6 Å². The molecule has 0 saturated carbocycles. The van der Waals surface area contributed by atoms with Gasteiger partial charge in [-0.2, -0.15) is 0 Å². The molecule has 1 N–H and O–H groups in total. The van der Waals surface area contributed by atoms with Crippen molar-refractivity contribution in [1.82, 2.24) is 5.32 Å². The van der Waals surface area contributed by atoms with Crippen molar-refractivity contribution in [2.24, 2.45) is 0 Å². The smallest absolute Gasteiger partial charge is 0.255 e. The molecule has 1 unspecified atom stereocenters. The first-order valence-electron chi connectivity index (χ1n) is 7.24. The van der Waals surface area contributed by atoms with Crippen molar-refractivity contribution in [3.8, 4) is 17.2 Å². The average molecular weight is 297 g/mol. The summed E-state index contributed by atoms with van der Waals surface area (Å²) in [5.74, 6) is 1.79. The van der Waals surface area contributed by atoms with E-state index in [0.29, 0.717) is 23.7 Å². The fraction of sp³-hybridized carbons (Fsp3) is 0.235. The van der Waals surface area contributed by atoms with Gasteiger partial charge in [-0.05, 0) is 18.2 Å². The summed E-state index contributed by atoms with van der Waals surface area (Å²) in [5.41, 5.74) is 1.51. The number of benzene rings is 2. The summed E-state index contributed by atoms with van der Waals surface area (Å²) in [7, 11) is 0. The molecule has 0 bridgehead atoms. The molecule has 2 aliphatic rings. The van der Waals surface area contributed by atoms with Gasteiger partial charge in [0.2, 0.25) is 6.79 Å². The Morgan fingerprint density at radius 2 is 1.86 bits per heavy atom. The number of hydrogen-bond acceptors (Lipinski definition) is 4. The van der Waals surface area contributed by atoms with Gasteiger partial charge in [0.1, 0.15) is 5.75 Å². The van der Waals surface area contributed by atoms with Gasteiger partial charge < -0.3 is 19.5 Å². The van der Waals surface area contributed by atoms with Gasteiger partial charge in [-0.3, -0.25) is 4.79 Å². The van der Waals surface area contributed by atoms with Gasteiger partial charge in [-0.1, -0.05) is 24.3 Å². The van der Waals surface area contributed by atoms with E-state index in [-0.39, 0.29) is 18.7 Å². The Balaban J connectivity index is 1.60. The number of nitrogens with one attached hydrogen (secondary N) is 1. The van der Waals surface area contributed by atoms with E-state index in [9.17, 15) is 4.79 Å². The molecular formula is C17H15NO4. The number of amides is 1. The highest BCUT2D eigenvalue weighted by molar-refractivity contribution is 5.98. The van der Waals surface area contributed by atoms with Crippen LogP contribution in [-0.2, 0) is 0 Å². The second kappa shape index (κ2) is 5.26. The van der Waals surface area contributed by atoms with Gasteiger partial charge >= 0.3 is 0 Å². The van der Waals surface area contributed by atoms with Crippen LogP contribution >= 0.6 is 0 Å². The van der Waals surface area contributed by atoms with E-state index in [1.807, 2.05) is 24.3 Å². The molecule has 0 aliphatic carbocycles. The van der Waals surface area contributed by atoms with Crippen LogP contribution in [0, 0.1) is 0 Å². The zero-order valence-electron chi connectivity index (χ0n) is 11.9. The lowest BCUT2D eigenvalue weighted by atomic mass is 10.00. The highest BCUT2D eigenvalue weighted by Crippen LogP contribution is 2.36. The van der Waals surface area contributed by atoms with E-state index >= 15 is 0 Å². The van der Waals surface area contributed by atoms with Crippen molar-refractivity contribution < 1.29 is 19.0 Å². The van der Waals surface area contributed by atoms with Crippen LogP contribution in [-0.4, -0.2) is 19.3 Å². The first-order chi connectivity index (χ1) is 10.8. The largest absolute Gasteiger partial charge is 0.493 e. The lowest BCUT2D eigenvalue weighted by Crippen LogP contribution is -2.32. The van der Waals surface area contributed by atoms with E-state index in [2.05, 4.69) is 5.32 Å². The maximum absolute atomic E-state index is 12.6. The molecule has 4 rings (SSSR count). The zero-order chi connectivity index (χ0) is 14.9. The maximum atomic E-state index is 12.6. The summed E-state index contributed by atoms with van der Waals surface area (Å²) in [5, 5.41) is 3.07. The minimum absolute atomic E-state index is 0.0596. The number of carbonyl (C=O) groups is 1. The molecular weight excluding hydrogens is 282 g/mol. The minimum atomic E-state index is -0.163. The summed E-state index contributed by atoms with van der Waals surface area (Å²) in [6.07, 6.45) is 0.745. The van der Waals surface area contributed by atoms with E-state index in [4.69, 9.17) is 14.2 Å². The highest BCUT2D eigenvalue weighted by Gasteiger charge is 2.26. The number of para-hydroxylation sites is 2. The second-order valence-corrected chi connectivity index (χ2v) is 5.24. The van der Waals surface area contributed by atoms with Crippen LogP contribution in [0.15, 0.2) is 42.5 Å². The zero-order valence-corrected chi connectivity index (χ0v) is 11.9. The van der Waals surface area contributed by atoms with Gasteiger partial charge in [-0.25, -0.2) is 0 Å². The Morgan fingerprint density at radius 1 is 1.00 bits per heavy atom. The van der Waals surface area contributed by atoms with E-state index in [0.717, 1.165) is 17.7 Å². The molecule has 112 valence electrons. The summed E-state index contributed by atoms with van der Waals surface area (Å²) >= 11 is 0. The molecule has 5 heteroatoms. The topological polar surface area (TPSA) is 56.8 Å². The molecule has 22 heavy (non-hydrogen) atoms.